The van der Waals surface area contributed by atoms with E-state index in [1.54, 1.807) is 36.4 Å². The van der Waals surface area contributed by atoms with Crippen LogP contribution in [0.25, 0.3) is 0 Å². The number of rotatable bonds is 6. The molecule has 0 atom stereocenters. The van der Waals surface area contributed by atoms with Crippen molar-refractivity contribution in [3.8, 4) is 0 Å². The van der Waals surface area contributed by atoms with Crippen molar-refractivity contribution in [2.45, 2.75) is 48.4 Å². The molecule has 43 heavy (non-hydrogen) atoms. The van der Waals surface area contributed by atoms with Gasteiger partial charge in [-0.3, -0.25) is 14.4 Å². The van der Waals surface area contributed by atoms with Crippen LogP contribution >= 0.6 is 23.4 Å². The number of fused-ring (bicyclic) bond motifs is 2. The Kier molecular flexibility index (Phi) is 9.00. The highest BCUT2D eigenvalue weighted by molar-refractivity contribution is 7.98. The van der Waals surface area contributed by atoms with Crippen LogP contribution in [0.3, 0.4) is 0 Å². The number of thioether (sulfide) groups is 1. The number of hydrogen-bond acceptors (Lipinski definition) is 7. The lowest BCUT2D eigenvalue weighted by molar-refractivity contribution is -0.225. The monoisotopic (exact) mass is 636 g/mol. The summed E-state index contributed by atoms with van der Waals surface area (Å²) in [7, 11) is 0. The highest BCUT2D eigenvalue weighted by Gasteiger charge is 2.46. The van der Waals surface area contributed by atoms with Gasteiger partial charge in [-0.2, -0.15) is 13.2 Å². The lowest BCUT2D eigenvalue weighted by Gasteiger charge is -2.32. The molecule has 1 fully saturated rings. The molecule has 5 rings (SSSR count). The van der Waals surface area contributed by atoms with Crippen molar-refractivity contribution < 1.29 is 41.4 Å². The van der Waals surface area contributed by atoms with Gasteiger partial charge >= 0.3 is 18.1 Å². The molecule has 1 amide bonds. The van der Waals surface area contributed by atoms with Gasteiger partial charge in [-0.1, -0.05) is 29.8 Å². The second-order valence-corrected chi connectivity index (χ2v) is 11.4. The Hall–Kier alpha value is -3.61. The summed E-state index contributed by atoms with van der Waals surface area (Å²) >= 11 is 8.04. The molecule has 1 saturated heterocycles. The Morgan fingerprint density at radius 1 is 1.00 bits per heavy atom. The zero-order valence-corrected chi connectivity index (χ0v) is 24.1. The van der Waals surface area contributed by atoms with Crippen molar-refractivity contribution in [2.24, 2.45) is 0 Å². The van der Waals surface area contributed by atoms with Gasteiger partial charge < -0.3 is 20.1 Å². The van der Waals surface area contributed by atoms with E-state index in [0.717, 1.165) is 28.2 Å². The Morgan fingerprint density at radius 2 is 1.70 bits per heavy atom. The first kappa shape index (κ1) is 30.8. The average molecular weight is 637 g/mol. The normalized spacial score (nSPS) is 16.5. The van der Waals surface area contributed by atoms with E-state index in [9.17, 15) is 31.9 Å². The van der Waals surface area contributed by atoms with Crippen LogP contribution in [0.2, 0.25) is 5.02 Å². The number of amides is 1. The standard InChI is InChI=1S/C30H25ClF4N2O5S/c31-23-8-7-22-21(11-12-36-16-29(22)41-25(38)9-10-26(39)42-29)27(23)43-15-17-1-3-18(4-2-17)28(40)37-14-19-5-6-20(13-24(19)32)30(33,34)35/h1-8,13,36H,9-12,14-16H2,(H,37,40). The van der Waals surface area contributed by atoms with Crippen LogP contribution in [-0.2, 0) is 49.7 Å². The van der Waals surface area contributed by atoms with Gasteiger partial charge in [0.15, 0.2) is 0 Å². The van der Waals surface area contributed by atoms with Crippen LogP contribution in [0.1, 0.15) is 51.0 Å². The SMILES string of the molecule is O=C1CCC(=O)OC2(CNCCc3c2ccc(Cl)c3SCc2ccc(C(=O)NCc3ccc(C(F)(F)F)cc3F)cc2)O1. The Balaban J connectivity index is 1.27. The molecule has 0 aromatic heterocycles. The summed E-state index contributed by atoms with van der Waals surface area (Å²) in [6, 6.07) is 12.2. The van der Waals surface area contributed by atoms with E-state index in [1.165, 1.54) is 11.8 Å². The third-order valence-corrected chi connectivity index (χ3v) is 8.70. The molecule has 13 heteroatoms. The first-order valence-corrected chi connectivity index (χ1v) is 14.6. The van der Waals surface area contributed by atoms with Gasteiger partial charge in [0.2, 0.25) is 0 Å². The second-order valence-electron chi connectivity index (χ2n) is 10.0. The summed E-state index contributed by atoms with van der Waals surface area (Å²) in [6.07, 6.45) is -4.24. The third kappa shape index (κ3) is 6.97. The molecule has 2 heterocycles. The lowest BCUT2D eigenvalue weighted by atomic mass is 9.98. The quantitative estimate of drug-likeness (QED) is 0.198. The highest BCUT2D eigenvalue weighted by Crippen LogP contribution is 2.42. The first-order valence-electron chi connectivity index (χ1n) is 13.3. The van der Waals surface area contributed by atoms with E-state index < -0.39 is 41.2 Å². The van der Waals surface area contributed by atoms with Crippen molar-refractivity contribution in [3.05, 3.63) is 98.8 Å². The maximum atomic E-state index is 14.1. The van der Waals surface area contributed by atoms with Crippen LogP contribution in [0, 0.1) is 5.82 Å². The van der Waals surface area contributed by atoms with E-state index in [1.807, 2.05) is 0 Å². The van der Waals surface area contributed by atoms with E-state index >= 15 is 0 Å². The Morgan fingerprint density at radius 3 is 2.35 bits per heavy atom. The molecular formula is C30H25ClF4N2O5S. The smallest absolute Gasteiger partial charge is 0.416 e. The number of alkyl halides is 3. The summed E-state index contributed by atoms with van der Waals surface area (Å²) in [5.74, 6) is -3.75. The van der Waals surface area contributed by atoms with Gasteiger partial charge in [-0.25, -0.2) is 4.39 Å². The number of ether oxygens (including phenoxy) is 2. The molecule has 3 aromatic carbocycles. The molecule has 0 unspecified atom stereocenters. The number of halogens is 5. The number of carbonyl (C=O) groups excluding carboxylic acids is 3. The number of nitrogens with one attached hydrogen (secondary N) is 2. The molecule has 2 N–H and O–H groups in total. The van der Waals surface area contributed by atoms with E-state index in [4.69, 9.17) is 21.1 Å². The highest BCUT2D eigenvalue weighted by atomic mass is 35.5. The van der Waals surface area contributed by atoms with E-state index in [-0.39, 0.29) is 37.1 Å². The Bertz CT molecular complexity index is 1550. The molecule has 3 aromatic rings. The van der Waals surface area contributed by atoms with Gasteiger partial charge in [0.05, 0.1) is 30.0 Å². The fourth-order valence-electron chi connectivity index (χ4n) is 4.85. The first-order chi connectivity index (χ1) is 20.4. The van der Waals surface area contributed by atoms with Gasteiger partial charge in [0.1, 0.15) is 5.82 Å². The number of hydrogen-bond donors (Lipinski definition) is 2. The summed E-state index contributed by atoms with van der Waals surface area (Å²) in [4.78, 5) is 38.0. The zero-order valence-electron chi connectivity index (χ0n) is 22.5. The fourth-order valence-corrected chi connectivity index (χ4v) is 6.29. The molecule has 1 spiro atoms. The maximum Gasteiger partial charge on any atom is 0.416 e. The lowest BCUT2D eigenvalue weighted by Crippen LogP contribution is -2.43. The topological polar surface area (TPSA) is 93.7 Å². The van der Waals surface area contributed by atoms with Crippen LogP contribution in [0.5, 0.6) is 0 Å². The number of benzene rings is 3. The van der Waals surface area contributed by atoms with Gasteiger partial charge in [0, 0.05) is 33.9 Å². The van der Waals surface area contributed by atoms with Crippen molar-refractivity contribution in [2.75, 3.05) is 13.1 Å². The minimum absolute atomic E-state index is 0.0644. The van der Waals surface area contributed by atoms with Gasteiger partial charge in [-0.15, -0.1) is 11.8 Å². The molecule has 226 valence electrons. The maximum absolute atomic E-state index is 14.1. The summed E-state index contributed by atoms with van der Waals surface area (Å²) in [5, 5.41) is 6.18. The molecular weight excluding hydrogens is 612 g/mol. The molecule has 0 aliphatic carbocycles. The molecule has 0 saturated carbocycles. The number of esters is 2. The summed E-state index contributed by atoms with van der Waals surface area (Å²) < 4.78 is 63.8. The summed E-state index contributed by atoms with van der Waals surface area (Å²) in [6.45, 7) is 0.370. The van der Waals surface area contributed by atoms with Crippen molar-refractivity contribution >= 4 is 41.2 Å². The van der Waals surface area contributed by atoms with Crippen LogP contribution < -0.4 is 10.6 Å². The Labute approximate surface area is 253 Å². The van der Waals surface area contributed by atoms with Gasteiger partial charge in [0.25, 0.3) is 11.7 Å². The van der Waals surface area contributed by atoms with Crippen molar-refractivity contribution in [1.82, 2.24) is 10.6 Å². The van der Waals surface area contributed by atoms with Crippen LogP contribution in [0.4, 0.5) is 17.6 Å². The minimum atomic E-state index is -4.66. The van der Waals surface area contributed by atoms with Crippen molar-refractivity contribution in [1.29, 1.82) is 0 Å². The molecule has 2 aliphatic heterocycles. The molecule has 7 nitrogen and oxygen atoms in total. The molecule has 2 aliphatic rings. The van der Waals surface area contributed by atoms with Crippen LogP contribution in [0.15, 0.2) is 59.5 Å². The van der Waals surface area contributed by atoms with Crippen LogP contribution in [-0.4, -0.2) is 30.9 Å². The average Bonchev–Trinajstić information content (AvgIpc) is 3.23. The minimum Gasteiger partial charge on any atom is -0.416 e. The second kappa shape index (κ2) is 12.6. The fraction of sp³-hybridized carbons (Fsp3) is 0.300. The third-order valence-electron chi connectivity index (χ3n) is 7.04. The number of carbonyl (C=O) groups is 3. The molecule has 0 bridgehead atoms. The van der Waals surface area contributed by atoms with Gasteiger partial charge in [-0.05, 0) is 60.5 Å². The zero-order chi connectivity index (χ0) is 30.8. The van der Waals surface area contributed by atoms with E-state index in [0.29, 0.717) is 35.4 Å². The predicted molar refractivity (Wildman–Crippen MR) is 150 cm³/mol. The van der Waals surface area contributed by atoms with E-state index in [2.05, 4.69) is 10.6 Å². The summed E-state index contributed by atoms with van der Waals surface area (Å²) in [5.41, 5.74) is 1.34. The predicted octanol–water partition coefficient (Wildman–Crippen LogP) is 5.90. The molecule has 0 radical (unpaired) electrons. The largest absolute Gasteiger partial charge is 0.416 e. The van der Waals surface area contributed by atoms with Crippen molar-refractivity contribution in [3.63, 3.8) is 0 Å².